The third-order valence-corrected chi connectivity index (χ3v) is 2.97. The summed E-state index contributed by atoms with van der Waals surface area (Å²) in [7, 11) is -4.50. The van der Waals surface area contributed by atoms with Gasteiger partial charge in [0, 0.05) is 16.7 Å². The lowest BCUT2D eigenvalue weighted by molar-refractivity contribution is -0.385. The fourth-order valence-corrected chi connectivity index (χ4v) is 2.14. The number of halogens is 1. The van der Waals surface area contributed by atoms with E-state index in [0.717, 1.165) is 12.1 Å². The second kappa shape index (κ2) is 3.76. The van der Waals surface area contributed by atoms with Gasteiger partial charge in [-0.2, -0.15) is 8.42 Å². The van der Waals surface area contributed by atoms with Crippen molar-refractivity contribution in [2.75, 3.05) is 0 Å². The summed E-state index contributed by atoms with van der Waals surface area (Å²) in [5.74, 6) is 0. The minimum Gasteiger partial charge on any atom is -0.282 e. The highest BCUT2D eigenvalue weighted by Crippen LogP contribution is 2.29. The van der Waals surface area contributed by atoms with Crippen LogP contribution >= 0.6 is 11.6 Å². The highest BCUT2D eigenvalue weighted by atomic mass is 35.5. The number of hydrogen-bond acceptors (Lipinski definition) is 4. The molecule has 0 spiro atoms. The Morgan fingerprint density at radius 1 is 1.47 bits per heavy atom. The van der Waals surface area contributed by atoms with Crippen LogP contribution in [0.2, 0.25) is 5.02 Å². The molecule has 1 aromatic carbocycles. The van der Waals surface area contributed by atoms with Crippen molar-refractivity contribution >= 4 is 27.4 Å². The van der Waals surface area contributed by atoms with Crippen LogP contribution in [0.3, 0.4) is 0 Å². The Morgan fingerprint density at radius 2 is 2.00 bits per heavy atom. The number of nitro groups is 1. The van der Waals surface area contributed by atoms with Crippen LogP contribution in [-0.2, 0) is 10.1 Å². The molecule has 0 atom stereocenters. The first-order chi connectivity index (χ1) is 6.73. The standard InChI is InChI=1S/C7H6ClNO5S/c1-4-6(9(10)11)2-5(8)3-7(4)15(12,13)14/h2-3H,1H3,(H,12,13,14). The average molecular weight is 252 g/mol. The lowest BCUT2D eigenvalue weighted by Crippen LogP contribution is -2.03. The Bertz CT molecular complexity index is 524. The van der Waals surface area contributed by atoms with E-state index in [1.54, 1.807) is 0 Å². The predicted octanol–water partition coefficient (Wildman–Crippen LogP) is 1.80. The van der Waals surface area contributed by atoms with Gasteiger partial charge < -0.3 is 0 Å². The molecule has 0 unspecified atom stereocenters. The van der Waals surface area contributed by atoms with Gasteiger partial charge >= 0.3 is 0 Å². The third kappa shape index (κ3) is 2.44. The zero-order valence-electron chi connectivity index (χ0n) is 7.47. The van der Waals surface area contributed by atoms with Crippen LogP contribution in [0.5, 0.6) is 0 Å². The molecule has 8 heteroatoms. The number of nitrogens with zero attached hydrogens (tertiary/aromatic N) is 1. The molecule has 0 saturated heterocycles. The molecule has 0 aliphatic heterocycles. The summed E-state index contributed by atoms with van der Waals surface area (Å²) in [4.78, 5) is 9.20. The first-order valence-electron chi connectivity index (χ1n) is 3.65. The van der Waals surface area contributed by atoms with Crippen molar-refractivity contribution in [2.24, 2.45) is 0 Å². The van der Waals surface area contributed by atoms with Gasteiger partial charge in [0.25, 0.3) is 15.8 Å². The lowest BCUT2D eigenvalue weighted by atomic mass is 10.2. The van der Waals surface area contributed by atoms with E-state index in [1.165, 1.54) is 6.92 Å². The van der Waals surface area contributed by atoms with Crippen molar-refractivity contribution in [2.45, 2.75) is 11.8 Å². The summed E-state index contributed by atoms with van der Waals surface area (Å²) >= 11 is 5.49. The molecule has 0 saturated carbocycles. The van der Waals surface area contributed by atoms with Crippen molar-refractivity contribution in [1.82, 2.24) is 0 Å². The lowest BCUT2D eigenvalue weighted by Gasteiger charge is -2.03. The zero-order valence-corrected chi connectivity index (χ0v) is 9.04. The van der Waals surface area contributed by atoms with E-state index in [9.17, 15) is 18.5 Å². The Kier molecular flexibility index (Phi) is 2.98. The van der Waals surface area contributed by atoms with Gasteiger partial charge in [0.15, 0.2) is 0 Å². The number of nitro benzene ring substituents is 1. The molecule has 1 rings (SSSR count). The second-order valence-electron chi connectivity index (χ2n) is 2.78. The molecule has 0 amide bonds. The molecule has 0 aromatic heterocycles. The van der Waals surface area contributed by atoms with Gasteiger partial charge in [-0.3, -0.25) is 14.7 Å². The van der Waals surface area contributed by atoms with E-state index in [-0.39, 0.29) is 10.6 Å². The summed E-state index contributed by atoms with van der Waals surface area (Å²) in [5.41, 5.74) is -0.595. The molecule has 1 N–H and O–H groups in total. The fourth-order valence-electron chi connectivity index (χ4n) is 1.10. The van der Waals surface area contributed by atoms with Crippen LogP contribution in [-0.4, -0.2) is 17.9 Å². The molecule has 0 aliphatic rings. The highest BCUT2D eigenvalue weighted by Gasteiger charge is 2.22. The fraction of sp³-hybridized carbons (Fsp3) is 0.143. The highest BCUT2D eigenvalue weighted by molar-refractivity contribution is 7.85. The van der Waals surface area contributed by atoms with Gasteiger partial charge in [0.05, 0.1) is 4.92 Å². The second-order valence-corrected chi connectivity index (χ2v) is 4.61. The van der Waals surface area contributed by atoms with E-state index in [1.807, 2.05) is 0 Å². The first-order valence-corrected chi connectivity index (χ1v) is 5.47. The summed E-state index contributed by atoms with van der Waals surface area (Å²) < 4.78 is 30.5. The minimum atomic E-state index is -4.50. The van der Waals surface area contributed by atoms with Crippen molar-refractivity contribution in [3.05, 3.63) is 32.8 Å². The van der Waals surface area contributed by atoms with E-state index in [0.29, 0.717) is 0 Å². The van der Waals surface area contributed by atoms with E-state index in [2.05, 4.69) is 0 Å². The van der Waals surface area contributed by atoms with Crippen LogP contribution in [0.1, 0.15) is 5.56 Å². The van der Waals surface area contributed by atoms with Crippen molar-refractivity contribution in [1.29, 1.82) is 0 Å². The minimum absolute atomic E-state index is 0.125. The first kappa shape index (κ1) is 11.9. The molecule has 82 valence electrons. The van der Waals surface area contributed by atoms with Crippen molar-refractivity contribution < 1.29 is 17.9 Å². The maximum absolute atomic E-state index is 10.9. The summed E-state index contributed by atoms with van der Waals surface area (Å²) in [6, 6.07) is 1.98. The predicted molar refractivity (Wildman–Crippen MR) is 52.7 cm³/mol. The SMILES string of the molecule is Cc1c([N+](=O)[O-])cc(Cl)cc1S(=O)(=O)O. The van der Waals surface area contributed by atoms with Gasteiger partial charge in [-0.15, -0.1) is 0 Å². The quantitative estimate of drug-likeness (QED) is 0.491. The molecule has 0 fully saturated rings. The molecule has 1 aromatic rings. The van der Waals surface area contributed by atoms with E-state index in [4.69, 9.17) is 16.2 Å². The summed E-state index contributed by atoms with van der Waals surface area (Å²) in [5, 5.41) is 10.4. The Labute approximate surface area is 90.4 Å². The zero-order chi connectivity index (χ0) is 11.8. The molecule has 0 radical (unpaired) electrons. The molecular formula is C7H6ClNO5S. The van der Waals surface area contributed by atoms with Gasteiger partial charge in [-0.25, -0.2) is 0 Å². The van der Waals surface area contributed by atoms with E-state index < -0.39 is 25.6 Å². The van der Waals surface area contributed by atoms with Crippen LogP contribution in [0.15, 0.2) is 17.0 Å². The summed E-state index contributed by atoms with van der Waals surface area (Å²) in [6.07, 6.45) is 0. The molecule has 0 aliphatic carbocycles. The van der Waals surface area contributed by atoms with E-state index >= 15 is 0 Å². The molecular weight excluding hydrogens is 246 g/mol. The van der Waals surface area contributed by atoms with Crippen LogP contribution in [0, 0.1) is 17.0 Å². The Balaban J connectivity index is 3.63. The van der Waals surface area contributed by atoms with Crippen molar-refractivity contribution in [3.63, 3.8) is 0 Å². The normalized spacial score (nSPS) is 11.4. The van der Waals surface area contributed by atoms with Gasteiger partial charge in [-0.1, -0.05) is 11.6 Å². The largest absolute Gasteiger partial charge is 0.295 e. The number of hydrogen-bond donors (Lipinski definition) is 1. The van der Waals surface area contributed by atoms with Gasteiger partial charge in [0.1, 0.15) is 4.90 Å². The van der Waals surface area contributed by atoms with Crippen LogP contribution in [0.25, 0.3) is 0 Å². The van der Waals surface area contributed by atoms with Gasteiger partial charge in [-0.05, 0) is 13.0 Å². The number of rotatable bonds is 2. The smallest absolute Gasteiger partial charge is 0.282 e. The number of benzene rings is 1. The Morgan fingerprint density at radius 3 is 2.40 bits per heavy atom. The molecule has 0 bridgehead atoms. The monoisotopic (exact) mass is 251 g/mol. The topological polar surface area (TPSA) is 97.5 Å². The van der Waals surface area contributed by atoms with Crippen LogP contribution in [0.4, 0.5) is 5.69 Å². The van der Waals surface area contributed by atoms with Gasteiger partial charge in [0.2, 0.25) is 0 Å². The molecule has 0 heterocycles. The summed E-state index contributed by atoms with van der Waals surface area (Å²) in [6.45, 7) is 1.22. The maximum Gasteiger partial charge on any atom is 0.295 e. The Hall–Kier alpha value is -1.18. The van der Waals surface area contributed by atoms with Crippen molar-refractivity contribution in [3.8, 4) is 0 Å². The molecule has 15 heavy (non-hydrogen) atoms. The molecule has 6 nitrogen and oxygen atoms in total. The van der Waals surface area contributed by atoms with Crippen LogP contribution < -0.4 is 0 Å². The average Bonchev–Trinajstić information content (AvgIpc) is 2.06. The third-order valence-electron chi connectivity index (χ3n) is 1.77. The maximum atomic E-state index is 10.9.